The molecule has 0 heterocycles. The van der Waals surface area contributed by atoms with Crippen molar-refractivity contribution < 1.29 is 24.2 Å². The van der Waals surface area contributed by atoms with E-state index in [1.165, 1.54) is 0 Å². The van der Waals surface area contributed by atoms with Gasteiger partial charge in [-0.25, -0.2) is 0 Å². The number of ether oxygens (including phenoxy) is 1. The SMILES string of the molecule is CC(C)(C)OC(=O)C[C@@H](N[B]C=O)C(=O)O. The van der Waals surface area contributed by atoms with Crippen LogP contribution in [0.4, 0.5) is 0 Å². The molecule has 0 unspecified atom stereocenters. The molecule has 0 rings (SSSR count). The molecule has 0 aliphatic carbocycles. The quantitative estimate of drug-likeness (QED) is 0.364. The number of hydrogen-bond donors (Lipinski definition) is 2. The van der Waals surface area contributed by atoms with Crippen molar-refractivity contribution in [1.82, 2.24) is 5.23 Å². The summed E-state index contributed by atoms with van der Waals surface area (Å²) in [6.07, 6.45) is 0.0714. The van der Waals surface area contributed by atoms with Crippen LogP contribution in [0.5, 0.6) is 0 Å². The maximum atomic E-state index is 11.3. The molecule has 0 aromatic heterocycles. The third-order valence-corrected chi connectivity index (χ3v) is 1.45. The summed E-state index contributed by atoms with van der Waals surface area (Å²) in [7, 11) is 0.934. The predicted octanol–water partition coefficient (Wildman–Crippen LogP) is -0.430. The van der Waals surface area contributed by atoms with Gasteiger partial charge in [0.1, 0.15) is 11.6 Å². The molecule has 1 radical (unpaired) electrons. The molecule has 1 atom stereocenters. The lowest BCUT2D eigenvalue weighted by molar-refractivity contribution is -0.158. The van der Waals surface area contributed by atoms with E-state index in [9.17, 15) is 14.4 Å². The Labute approximate surface area is 94.6 Å². The van der Waals surface area contributed by atoms with Gasteiger partial charge in [0.05, 0.1) is 12.6 Å². The summed E-state index contributed by atoms with van der Waals surface area (Å²) in [5.41, 5.74) is -0.658. The summed E-state index contributed by atoms with van der Waals surface area (Å²) in [6.45, 7) is 5.06. The Morgan fingerprint density at radius 2 is 2.06 bits per heavy atom. The van der Waals surface area contributed by atoms with Gasteiger partial charge in [-0.2, -0.15) is 0 Å². The van der Waals surface area contributed by atoms with Crippen molar-refractivity contribution in [3.8, 4) is 0 Å². The van der Waals surface area contributed by atoms with Gasteiger partial charge in [-0.05, 0) is 20.8 Å². The second-order valence-corrected chi connectivity index (χ2v) is 4.15. The fourth-order valence-electron chi connectivity index (χ4n) is 0.923. The highest BCUT2D eigenvalue weighted by Gasteiger charge is 2.24. The fourth-order valence-corrected chi connectivity index (χ4v) is 0.923. The van der Waals surface area contributed by atoms with Crippen molar-refractivity contribution in [2.75, 3.05) is 0 Å². The molecule has 0 aromatic rings. The van der Waals surface area contributed by atoms with E-state index in [2.05, 4.69) is 5.23 Å². The van der Waals surface area contributed by atoms with Crippen molar-refractivity contribution in [1.29, 1.82) is 0 Å². The van der Waals surface area contributed by atoms with Crippen LogP contribution >= 0.6 is 0 Å². The van der Waals surface area contributed by atoms with E-state index >= 15 is 0 Å². The number of esters is 1. The number of nitrogens with one attached hydrogen (secondary N) is 1. The zero-order chi connectivity index (χ0) is 12.8. The molecule has 0 spiro atoms. The fraction of sp³-hybridized carbons (Fsp3) is 0.667. The van der Waals surface area contributed by atoms with E-state index in [1.807, 2.05) is 0 Å². The summed E-state index contributed by atoms with van der Waals surface area (Å²) in [4.78, 5) is 32.0. The molecule has 0 fully saturated rings. The molecule has 2 N–H and O–H groups in total. The van der Waals surface area contributed by atoms with Crippen LogP contribution in [-0.2, 0) is 19.1 Å². The number of hydrogen-bond acceptors (Lipinski definition) is 5. The molecule has 16 heavy (non-hydrogen) atoms. The lowest BCUT2D eigenvalue weighted by Crippen LogP contribution is -2.42. The molecule has 0 aliphatic rings. The molecule has 0 saturated carbocycles. The summed E-state index contributed by atoms with van der Waals surface area (Å²) in [5, 5.41) is 11.0. The van der Waals surface area contributed by atoms with Crippen molar-refractivity contribution in [2.45, 2.75) is 38.8 Å². The summed E-state index contributed by atoms with van der Waals surface area (Å²) in [5.74, 6) is -1.85. The number of carboxylic acids is 1. The smallest absolute Gasteiger partial charge is 0.320 e. The standard InChI is InChI=1S/C9H15BNO5/c1-9(2,3)16-7(13)4-6(8(14)15)11-10-5-12/h5-6,11H,4H2,1-3H3,(H,14,15)/t6-/m1/s1. The highest BCUT2D eigenvalue weighted by atomic mass is 16.6. The first-order chi connectivity index (χ1) is 7.26. The molecule has 89 valence electrons. The third-order valence-electron chi connectivity index (χ3n) is 1.45. The Balaban J connectivity index is 4.23. The first-order valence-electron chi connectivity index (χ1n) is 4.74. The van der Waals surface area contributed by atoms with Gasteiger partial charge >= 0.3 is 11.9 Å². The summed E-state index contributed by atoms with van der Waals surface area (Å²) < 4.78 is 4.95. The van der Waals surface area contributed by atoms with Gasteiger partial charge in [0.25, 0.3) is 7.41 Å². The molecular weight excluding hydrogens is 213 g/mol. The highest BCUT2D eigenvalue weighted by molar-refractivity contribution is 6.64. The van der Waals surface area contributed by atoms with E-state index in [-0.39, 0.29) is 6.42 Å². The average molecular weight is 228 g/mol. The third kappa shape index (κ3) is 7.00. The van der Waals surface area contributed by atoms with E-state index in [0.29, 0.717) is 6.19 Å². The average Bonchev–Trinajstić information content (AvgIpc) is 2.08. The van der Waals surface area contributed by atoms with E-state index in [1.54, 1.807) is 20.8 Å². The van der Waals surface area contributed by atoms with Gasteiger partial charge < -0.3 is 19.9 Å². The molecule has 0 saturated heterocycles. The van der Waals surface area contributed by atoms with Crippen molar-refractivity contribution in [3.63, 3.8) is 0 Å². The number of aliphatic carboxylic acids is 1. The lowest BCUT2D eigenvalue weighted by Gasteiger charge is -2.21. The molecule has 0 aromatic carbocycles. The Morgan fingerprint density at radius 1 is 1.50 bits per heavy atom. The largest absolute Gasteiger partial charge is 0.480 e. The van der Waals surface area contributed by atoms with Crippen LogP contribution in [0.3, 0.4) is 0 Å². The maximum absolute atomic E-state index is 11.3. The first kappa shape index (κ1) is 14.6. The van der Waals surface area contributed by atoms with Crippen LogP contribution in [0.2, 0.25) is 0 Å². The minimum Gasteiger partial charge on any atom is -0.480 e. The summed E-state index contributed by atoms with van der Waals surface area (Å²) >= 11 is 0. The Morgan fingerprint density at radius 3 is 2.44 bits per heavy atom. The van der Waals surface area contributed by atoms with Crippen LogP contribution in [0, 0.1) is 0 Å². The molecule has 0 bridgehead atoms. The lowest BCUT2D eigenvalue weighted by atomic mass is 9.95. The molecule has 7 heteroatoms. The first-order valence-corrected chi connectivity index (χ1v) is 4.74. The molecule has 6 nitrogen and oxygen atoms in total. The molecule has 0 aliphatic heterocycles. The monoisotopic (exact) mass is 228 g/mol. The Hall–Kier alpha value is -1.37. The number of carbonyl (C=O) groups excluding carboxylic acids is 2. The Kier molecular flexibility index (Phi) is 5.73. The second-order valence-electron chi connectivity index (χ2n) is 4.15. The molecule has 0 amide bonds. The zero-order valence-corrected chi connectivity index (χ0v) is 9.52. The number of carboxylic acid groups (broad SMARTS) is 1. The van der Waals surface area contributed by atoms with Gasteiger partial charge in [0, 0.05) is 0 Å². The van der Waals surface area contributed by atoms with Crippen LogP contribution in [-0.4, -0.2) is 42.3 Å². The zero-order valence-electron chi connectivity index (χ0n) is 9.52. The van der Waals surface area contributed by atoms with Crippen LogP contribution in [0.1, 0.15) is 27.2 Å². The highest BCUT2D eigenvalue weighted by Crippen LogP contribution is 2.09. The number of carbonyl (C=O) groups is 3. The topological polar surface area (TPSA) is 92.7 Å². The van der Waals surface area contributed by atoms with Crippen LogP contribution in [0.15, 0.2) is 0 Å². The number of rotatable bonds is 6. The normalized spacial score (nSPS) is 12.7. The van der Waals surface area contributed by atoms with Gasteiger partial charge in [-0.3, -0.25) is 9.59 Å². The van der Waals surface area contributed by atoms with Gasteiger partial charge in [-0.1, -0.05) is 0 Å². The molecular formula is C9H15BNO5. The van der Waals surface area contributed by atoms with Gasteiger partial charge in [-0.15, -0.1) is 0 Å². The van der Waals surface area contributed by atoms with Gasteiger partial charge in [0.2, 0.25) is 0 Å². The Bertz CT molecular complexity index is 274. The van der Waals surface area contributed by atoms with Crippen molar-refractivity contribution in [2.24, 2.45) is 0 Å². The van der Waals surface area contributed by atoms with E-state index in [4.69, 9.17) is 9.84 Å². The van der Waals surface area contributed by atoms with Gasteiger partial charge in [0.15, 0.2) is 0 Å². The minimum absolute atomic E-state index is 0.336. The van der Waals surface area contributed by atoms with Crippen molar-refractivity contribution in [3.05, 3.63) is 0 Å². The summed E-state index contributed by atoms with van der Waals surface area (Å²) in [6, 6.07) is -1.15. The van der Waals surface area contributed by atoms with Crippen LogP contribution < -0.4 is 5.23 Å². The predicted molar refractivity (Wildman–Crippen MR) is 57.5 cm³/mol. The minimum atomic E-state index is -1.22. The second kappa shape index (κ2) is 6.27. The maximum Gasteiger partial charge on any atom is 0.320 e. The van der Waals surface area contributed by atoms with E-state index < -0.39 is 23.6 Å². The van der Waals surface area contributed by atoms with E-state index in [0.717, 1.165) is 7.41 Å². The van der Waals surface area contributed by atoms with Crippen molar-refractivity contribution >= 4 is 25.5 Å². The van der Waals surface area contributed by atoms with Crippen LogP contribution in [0.25, 0.3) is 0 Å².